The molecule has 0 bridgehead atoms. The number of hydrogen-bond acceptors (Lipinski definition) is 4. The van der Waals surface area contributed by atoms with Gasteiger partial charge in [-0.05, 0) is 25.3 Å². The molecule has 1 N–H and O–H groups in total. The highest BCUT2D eigenvalue weighted by atomic mass is 16.2. The van der Waals surface area contributed by atoms with Gasteiger partial charge in [0.1, 0.15) is 5.69 Å². The number of benzene rings is 1. The second-order valence-corrected chi connectivity index (χ2v) is 6.35. The fraction of sp³-hybridized carbons (Fsp3) is 0.368. The van der Waals surface area contributed by atoms with Crippen LogP contribution < -0.4 is 5.32 Å². The van der Waals surface area contributed by atoms with Crippen molar-refractivity contribution < 1.29 is 9.59 Å². The fourth-order valence-electron chi connectivity index (χ4n) is 2.97. The molecule has 6 nitrogen and oxygen atoms in total. The lowest BCUT2D eigenvalue weighted by Crippen LogP contribution is -2.37. The minimum absolute atomic E-state index is 0.0911. The number of amides is 2. The lowest BCUT2D eigenvalue weighted by atomic mass is 10.1. The van der Waals surface area contributed by atoms with Crippen LogP contribution >= 0.6 is 0 Å². The van der Waals surface area contributed by atoms with Crippen molar-refractivity contribution in [2.75, 3.05) is 13.1 Å². The average molecular weight is 338 g/mol. The minimum Gasteiger partial charge on any atom is -0.346 e. The third-order valence-electron chi connectivity index (χ3n) is 4.30. The van der Waals surface area contributed by atoms with Crippen molar-refractivity contribution >= 4 is 11.8 Å². The van der Waals surface area contributed by atoms with Gasteiger partial charge in [-0.1, -0.05) is 30.3 Å². The fourth-order valence-corrected chi connectivity index (χ4v) is 2.97. The molecule has 0 radical (unpaired) electrons. The number of hydrogen-bond donors (Lipinski definition) is 1. The van der Waals surface area contributed by atoms with Crippen LogP contribution in [0.5, 0.6) is 0 Å². The van der Waals surface area contributed by atoms with Gasteiger partial charge in [0.05, 0.1) is 17.9 Å². The number of aryl methyl sites for hydroxylation is 2. The summed E-state index contributed by atoms with van der Waals surface area (Å²) in [6.45, 7) is 3.08. The van der Waals surface area contributed by atoms with E-state index in [2.05, 4.69) is 27.4 Å². The first-order valence-electron chi connectivity index (χ1n) is 8.53. The van der Waals surface area contributed by atoms with Crippen LogP contribution in [0.1, 0.15) is 34.6 Å². The molecule has 130 valence electrons. The molecule has 0 spiro atoms. The molecule has 2 amide bonds. The van der Waals surface area contributed by atoms with Gasteiger partial charge in [0.15, 0.2) is 0 Å². The van der Waals surface area contributed by atoms with Gasteiger partial charge in [0.2, 0.25) is 5.91 Å². The van der Waals surface area contributed by atoms with Gasteiger partial charge in [-0.3, -0.25) is 14.6 Å². The van der Waals surface area contributed by atoms with E-state index in [9.17, 15) is 9.59 Å². The molecule has 3 rings (SSSR count). The highest BCUT2D eigenvalue weighted by molar-refractivity contribution is 5.93. The van der Waals surface area contributed by atoms with Gasteiger partial charge in [-0.15, -0.1) is 0 Å². The quantitative estimate of drug-likeness (QED) is 0.871. The van der Waals surface area contributed by atoms with Gasteiger partial charge in [-0.25, -0.2) is 4.98 Å². The summed E-state index contributed by atoms with van der Waals surface area (Å²) >= 11 is 0. The lowest BCUT2D eigenvalue weighted by molar-refractivity contribution is -0.127. The number of rotatable bonds is 6. The molecular formula is C19H22N4O2. The molecule has 6 heteroatoms. The Kier molecular flexibility index (Phi) is 5.38. The summed E-state index contributed by atoms with van der Waals surface area (Å²) in [5.41, 5.74) is 2.31. The summed E-state index contributed by atoms with van der Waals surface area (Å²) in [6, 6.07) is 10.1. The summed E-state index contributed by atoms with van der Waals surface area (Å²) in [7, 11) is 0. The van der Waals surface area contributed by atoms with E-state index in [1.165, 1.54) is 11.8 Å². The van der Waals surface area contributed by atoms with Crippen LogP contribution in [0.3, 0.4) is 0 Å². The van der Waals surface area contributed by atoms with Crippen molar-refractivity contribution in [3.63, 3.8) is 0 Å². The number of nitrogens with zero attached hydrogens (tertiary/aromatic N) is 3. The number of likely N-dealkylation sites (tertiary alicyclic amines) is 1. The molecular weight excluding hydrogens is 316 g/mol. The van der Waals surface area contributed by atoms with E-state index >= 15 is 0 Å². The van der Waals surface area contributed by atoms with Crippen LogP contribution in [-0.2, 0) is 11.2 Å². The predicted molar refractivity (Wildman–Crippen MR) is 94.0 cm³/mol. The van der Waals surface area contributed by atoms with Crippen molar-refractivity contribution in [2.24, 2.45) is 0 Å². The highest BCUT2D eigenvalue weighted by Gasteiger charge is 2.30. The van der Waals surface area contributed by atoms with Crippen LogP contribution in [0.25, 0.3) is 0 Å². The van der Waals surface area contributed by atoms with Crippen LogP contribution in [0, 0.1) is 6.92 Å². The third kappa shape index (κ3) is 4.62. The normalized spacial score (nSPS) is 16.9. The van der Waals surface area contributed by atoms with E-state index in [0.717, 1.165) is 18.5 Å². The standard InChI is InChI=1S/C19H22N4O2/c1-14-11-21-17(12-20-14)19(25)22-16-10-18(24)23(13-16)9-5-8-15-6-3-2-4-7-15/h2-4,6-7,11-12,16H,5,8-10,13H2,1H3,(H,22,25)/t16-/m0/s1. The summed E-state index contributed by atoms with van der Waals surface area (Å²) in [5.74, 6) is -0.190. The smallest absolute Gasteiger partial charge is 0.271 e. The first-order chi connectivity index (χ1) is 12.1. The monoisotopic (exact) mass is 338 g/mol. The molecule has 0 aliphatic carbocycles. The Morgan fingerprint density at radius 3 is 2.76 bits per heavy atom. The van der Waals surface area contributed by atoms with Crippen molar-refractivity contribution in [1.82, 2.24) is 20.2 Å². The summed E-state index contributed by atoms with van der Waals surface area (Å²) < 4.78 is 0. The largest absolute Gasteiger partial charge is 0.346 e. The Labute approximate surface area is 147 Å². The van der Waals surface area contributed by atoms with E-state index < -0.39 is 0 Å². The number of nitrogens with one attached hydrogen (secondary N) is 1. The first kappa shape index (κ1) is 17.1. The van der Waals surface area contributed by atoms with Crippen molar-refractivity contribution in [3.8, 4) is 0 Å². The van der Waals surface area contributed by atoms with Gasteiger partial charge in [0.25, 0.3) is 5.91 Å². The van der Waals surface area contributed by atoms with Crippen molar-refractivity contribution in [1.29, 1.82) is 0 Å². The zero-order chi connectivity index (χ0) is 17.6. The molecule has 1 aliphatic heterocycles. The topological polar surface area (TPSA) is 75.2 Å². The molecule has 1 aromatic carbocycles. The van der Waals surface area contributed by atoms with E-state index in [4.69, 9.17) is 0 Å². The van der Waals surface area contributed by atoms with E-state index in [-0.39, 0.29) is 23.6 Å². The molecule has 0 unspecified atom stereocenters. The van der Waals surface area contributed by atoms with Crippen LogP contribution in [0.15, 0.2) is 42.7 Å². The molecule has 2 heterocycles. The lowest BCUT2D eigenvalue weighted by Gasteiger charge is -2.17. The minimum atomic E-state index is -0.281. The zero-order valence-electron chi connectivity index (χ0n) is 14.3. The van der Waals surface area contributed by atoms with Gasteiger partial charge in [0, 0.05) is 25.7 Å². The SMILES string of the molecule is Cc1cnc(C(=O)N[C@H]2CC(=O)N(CCCc3ccccc3)C2)cn1. The molecule has 1 aromatic heterocycles. The number of aromatic nitrogens is 2. The number of carbonyl (C=O) groups is 2. The summed E-state index contributed by atoms with van der Waals surface area (Å²) in [6.07, 6.45) is 5.22. The predicted octanol–water partition coefficient (Wildman–Crippen LogP) is 1.75. The molecule has 25 heavy (non-hydrogen) atoms. The molecule has 1 atom stereocenters. The Morgan fingerprint density at radius 1 is 1.24 bits per heavy atom. The van der Waals surface area contributed by atoms with Gasteiger partial charge in [-0.2, -0.15) is 0 Å². The molecule has 1 aliphatic rings. The Balaban J connectivity index is 1.47. The Hall–Kier alpha value is -2.76. The average Bonchev–Trinajstić information content (AvgIpc) is 2.96. The second-order valence-electron chi connectivity index (χ2n) is 6.35. The zero-order valence-corrected chi connectivity index (χ0v) is 14.3. The second kappa shape index (κ2) is 7.88. The van der Waals surface area contributed by atoms with Crippen LogP contribution in [0.2, 0.25) is 0 Å². The summed E-state index contributed by atoms with van der Waals surface area (Å²) in [4.78, 5) is 34.3. The van der Waals surface area contributed by atoms with Gasteiger partial charge < -0.3 is 10.2 Å². The van der Waals surface area contributed by atoms with E-state index in [1.54, 1.807) is 6.20 Å². The number of carbonyl (C=O) groups excluding carboxylic acids is 2. The maximum Gasteiger partial charge on any atom is 0.271 e. The summed E-state index contributed by atoms with van der Waals surface area (Å²) in [5, 5.41) is 2.88. The molecule has 0 saturated carbocycles. The molecule has 1 saturated heterocycles. The molecule has 1 fully saturated rings. The van der Waals surface area contributed by atoms with Crippen LogP contribution in [-0.4, -0.2) is 45.8 Å². The Bertz CT molecular complexity index is 731. The molecule has 2 aromatic rings. The van der Waals surface area contributed by atoms with Crippen LogP contribution in [0.4, 0.5) is 0 Å². The van der Waals surface area contributed by atoms with E-state index in [0.29, 0.717) is 19.5 Å². The maximum atomic E-state index is 12.2. The third-order valence-corrected chi connectivity index (χ3v) is 4.30. The van der Waals surface area contributed by atoms with E-state index in [1.807, 2.05) is 30.0 Å². The Morgan fingerprint density at radius 2 is 2.04 bits per heavy atom. The highest BCUT2D eigenvalue weighted by Crippen LogP contribution is 2.13. The van der Waals surface area contributed by atoms with Crippen molar-refractivity contribution in [2.45, 2.75) is 32.2 Å². The van der Waals surface area contributed by atoms with Crippen molar-refractivity contribution in [3.05, 3.63) is 59.7 Å². The maximum absolute atomic E-state index is 12.2. The first-order valence-corrected chi connectivity index (χ1v) is 8.53. The van der Waals surface area contributed by atoms with Gasteiger partial charge >= 0.3 is 0 Å².